The van der Waals surface area contributed by atoms with Gasteiger partial charge in [0.15, 0.2) is 0 Å². The van der Waals surface area contributed by atoms with Crippen molar-refractivity contribution in [1.29, 1.82) is 0 Å². The molecule has 1 atom stereocenters. The molecular weight excluding hydrogens is 272 g/mol. The van der Waals surface area contributed by atoms with Crippen LogP contribution in [-0.4, -0.2) is 36.7 Å². The number of hydrogen-bond donors (Lipinski definition) is 3. The first-order chi connectivity index (χ1) is 10.0. The Morgan fingerprint density at radius 3 is 2.86 bits per heavy atom. The number of nitrogens with one attached hydrogen (secondary N) is 1. The van der Waals surface area contributed by atoms with E-state index in [2.05, 4.69) is 5.32 Å². The van der Waals surface area contributed by atoms with Gasteiger partial charge in [0.05, 0.1) is 0 Å². The van der Waals surface area contributed by atoms with E-state index in [0.717, 1.165) is 5.56 Å². The molecule has 4 N–H and O–H groups in total. The van der Waals surface area contributed by atoms with Crippen LogP contribution in [0.2, 0.25) is 0 Å². The summed E-state index contributed by atoms with van der Waals surface area (Å²) in [5.41, 5.74) is 7.00. The number of rotatable bonds is 8. The maximum Gasteiger partial charge on any atom is 0.326 e. The highest BCUT2D eigenvalue weighted by atomic mass is 16.5. The Morgan fingerprint density at radius 1 is 1.48 bits per heavy atom. The predicted octanol–water partition coefficient (Wildman–Crippen LogP) is 1.28. The third-order valence-electron chi connectivity index (χ3n) is 2.79. The second-order valence-corrected chi connectivity index (χ2v) is 4.54. The zero-order chi connectivity index (χ0) is 15.7. The van der Waals surface area contributed by atoms with Gasteiger partial charge in [-0.3, -0.25) is 4.79 Å². The lowest BCUT2D eigenvalue weighted by Gasteiger charge is -2.12. The maximum absolute atomic E-state index is 11.7. The van der Waals surface area contributed by atoms with Gasteiger partial charge in [0.2, 0.25) is 5.91 Å². The molecule has 0 fully saturated rings. The van der Waals surface area contributed by atoms with Gasteiger partial charge in [0.1, 0.15) is 6.04 Å². The van der Waals surface area contributed by atoms with Crippen molar-refractivity contribution >= 4 is 23.6 Å². The van der Waals surface area contributed by atoms with E-state index in [-0.39, 0.29) is 0 Å². The number of aliphatic carboxylic acids is 1. The molecule has 0 saturated heterocycles. The molecule has 0 radical (unpaired) electrons. The van der Waals surface area contributed by atoms with E-state index in [0.29, 0.717) is 25.1 Å². The van der Waals surface area contributed by atoms with Crippen LogP contribution in [0.4, 0.5) is 5.69 Å². The second kappa shape index (κ2) is 8.76. The number of hydrogen-bond acceptors (Lipinski definition) is 4. The Hall–Kier alpha value is -2.34. The van der Waals surface area contributed by atoms with Gasteiger partial charge in [0.25, 0.3) is 0 Å². The molecule has 0 aliphatic rings. The van der Waals surface area contributed by atoms with Gasteiger partial charge in [-0.05, 0) is 36.6 Å². The molecule has 6 nitrogen and oxygen atoms in total. The van der Waals surface area contributed by atoms with Crippen LogP contribution in [0.15, 0.2) is 30.3 Å². The molecule has 1 amide bonds. The van der Waals surface area contributed by atoms with Crippen molar-refractivity contribution in [3.05, 3.63) is 35.9 Å². The Balaban J connectivity index is 2.55. The fourth-order valence-corrected chi connectivity index (χ4v) is 1.74. The van der Waals surface area contributed by atoms with Gasteiger partial charge >= 0.3 is 5.97 Å². The number of nitrogen functional groups attached to an aromatic ring is 1. The summed E-state index contributed by atoms with van der Waals surface area (Å²) in [6, 6.07) is 6.12. The number of carbonyl (C=O) groups excluding carboxylic acids is 1. The summed E-state index contributed by atoms with van der Waals surface area (Å²) in [5.74, 6) is -1.51. The number of anilines is 1. The summed E-state index contributed by atoms with van der Waals surface area (Å²) in [6.07, 6.45) is 3.76. The number of methoxy groups -OCH3 is 1. The van der Waals surface area contributed by atoms with Gasteiger partial charge in [-0.15, -0.1) is 0 Å². The minimum Gasteiger partial charge on any atom is -0.480 e. The molecule has 0 saturated carbocycles. The van der Waals surface area contributed by atoms with Crippen LogP contribution >= 0.6 is 0 Å². The van der Waals surface area contributed by atoms with Crippen molar-refractivity contribution in [3.63, 3.8) is 0 Å². The van der Waals surface area contributed by atoms with Crippen molar-refractivity contribution < 1.29 is 19.4 Å². The topological polar surface area (TPSA) is 102 Å². The monoisotopic (exact) mass is 292 g/mol. The smallest absolute Gasteiger partial charge is 0.326 e. The average molecular weight is 292 g/mol. The first kappa shape index (κ1) is 16.7. The molecule has 1 aromatic rings. The standard InChI is InChI=1S/C15H20N2O4/c1-21-9-3-6-13(15(19)20)17-14(18)8-7-11-4-2-5-12(16)10-11/h2,4-5,7-8,10,13H,3,6,9,16H2,1H3,(H,17,18)(H,19,20)/b8-7+. The number of amides is 1. The number of carboxylic acid groups (broad SMARTS) is 1. The summed E-state index contributed by atoms with van der Waals surface area (Å²) >= 11 is 0. The SMILES string of the molecule is COCCCC(NC(=O)/C=C/c1cccc(N)c1)C(=O)O. The van der Waals surface area contributed by atoms with Crippen LogP contribution in [-0.2, 0) is 14.3 Å². The fourth-order valence-electron chi connectivity index (χ4n) is 1.74. The maximum atomic E-state index is 11.7. The molecule has 0 spiro atoms. The molecule has 0 bridgehead atoms. The predicted molar refractivity (Wildman–Crippen MR) is 80.6 cm³/mol. The fraction of sp³-hybridized carbons (Fsp3) is 0.333. The van der Waals surface area contributed by atoms with E-state index in [1.54, 1.807) is 37.5 Å². The van der Waals surface area contributed by atoms with Crippen LogP contribution in [0.5, 0.6) is 0 Å². The highest BCUT2D eigenvalue weighted by Crippen LogP contribution is 2.08. The minimum absolute atomic E-state index is 0.320. The van der Waals surface area contributed by atoms with Gasteiger partial charge in [-0.1, -0.05) is 12.1 Å². The molecule has 0 heterocycles. The van der Waals surface area contributed by atoms with E-state index in [1.807, 2.05) is 0 Å². The Bertz CT molecular complexity index is 514. The van der Waals surface area contributed by atoms with Gasteiger partial charge in [-0.25, -0.2) is 4.79 Å². The Morgan fingerprint density at radius 2 is 2.24 bits per heavy atom. The summed E-state index contributed by atoms with van der Waals surface area (Å²) in [4.78, 5) is 22.8. The molecule has 1 rings (SSSR count). The lowest BCUT2D eigenvalue weighted by atomic mass is 10.1. The van der Waals surface area contributed by atoms with Crippen molar-refractivity contribution in [1.82, 2.24) is 5.32 Å². The zero-order valence-corrected chi connectivity index (χ0v) is 11.9. The van der Waals surface area contributed by atoms with Gasteiger partial charge in [-0.2, -0.15) is 0 Å². The van der Waals surface area contributed by atoms with Gasteiger partial charge < -0.3 is 20.9 Å². The number of carboxylic acids is 1. The lowest BCUT2D eigenvalue weighted by Crippen LogP contribution is -2.40. The van der Waals surface area contributed by atoms with Crippen LogP contribution < -0.4 is 11.1 Å². The van der Waals surface area contributed by atoms with E-state index < -0.39 is 17.9 Å². The van der Waals surface area contributed by atoms with Crippen molar-refractivity contribution in [3.8, 4) is 0 Å². The Kier molecular flexibility index (Phi) is 6.97. The summed E-state index contributed by atoms with van der Waals surface area (Å²) < 4.78 is 4.86. The second-order valence-electron chi connectivity index (χ2n) is 4.54. The molecule has 0 aromatic heterocycles. The highest BCUT2D eigenvalue weighted by molar-refractivity contribution is 5.94. The van der Waals surface area contributed by atoms with Gasteiger partial charge in [0, 0.05) is 25.5 Å². The van der Waals surface area contributed by atoms with Crippen molar-refractivity contribution in [2.75, 3.05) is 19.5 Å². The van der Waals surface area contributed by atoms with Crippen LogP contribution in [0.1, 0.15) is 18.4 Å². The van der Waals surface area contributed by atoms with Crippen LogP contribution in [0.3, 0.4) is 0 Å². The van der Waals surface area contributed by atoms with E-state index in [9.17, 15) is 9.59 Å². The van der Waals surface area contributed by atoms with E-state index >= 15 is 0 Å². The normalized spacial score (nSPS) is 12.2. The quantitative estimate of drug-likeness (QED) is 0.380. The Labute approximate surface area is 123 Å². The third kappa shape index (κ3) is 6.58. The third-order valence-corrected chi connectivity index (χ3v) is 2.79. The minimum atomic E-state index is -1.06. The molecule has 0 aliphatic carbocycles. The highest BCUT2D eigenvalue weighted by Gasteiger charge is 2.18. The molecule has 0 aliphatic heterocycles. The average Bonchev–Trinajstić information content (AvgIpc) is 2.44. The van der Waals surface area contributed by atoms with Crippen LogP contribution in [0, 0.1) is 0 Å². The zero-order valence-electron chi connectivity index (χ0n) is 11.9. The van der Waals surface area contributed by atoms with Crippen molar-refractivity contribution in [2.24, 2.45) is 0 Å². The summed E-state index contributed by atoms with van der Waals surface area (Å²) in [5, 5.41) is 11.5. The summed E-state index contributed by atoms with van der Waals surface area (Å²) in [6.45, 7) is 0.457. The number of ether oxygens (including phenoxy) is 1. The number of benzene rings is 1. The molecule has 1 aromatic carbocycles. The number of nitrogens with two attached hydrogens (primary N) is 1. The molecular formula is C15H20N2O4. The molecule has 1 unspecified atom stereocenters. The molecule has 6 heteroatoms. The lowest BCUT2D eigenvalue weighted by molar-refractivity contribution is -0.141. The summed E-state index contributed by atoms with van der Waals surface area (Å²) in [7, 11) is 1.54. The molecule has 114 valence electrons. The largest absolute Gasteiger partial charge is 0.480 e. The molecule has 21 heavy (non-hydrogen) atoms. The van der Waals surface area contributed by atoms with Crippen LogP contribution in [0.25, 0.3) is 6.08 Å². The van der Waals surface area contributed by atoms with E-state index in [4.69, 9.17) is 15.6 Å². The van der Waals surface area contributed by atoms with E-state index in [1.165, 1.54) is 6.08 Å². The first-order valence-electron chi connectivity index (χ1n) is 6.59. The van der Waals surface area contributed by atoms with Crippen molar-refractivity contribution in [2.45, 2.75) is 18.9 Å². The number of carbonyl (C=O) groups is 2. The first-order valence-corrected chi connectivity index (χ1v) is 6.59.